The number of allylic oxidation sites excluding steroid dienone is 20. The zero-order valence-electron chi connectivity index (χ0n) is 62.6. The maximum absolute atomic E-state index is 13.1. The van der Waals surface area contributed by atoms with Crippen LogP contribution in [-0.4, -0.2) is 96.7 Å². The summed E-state index contributed by atoms with van der Waals surface area (Å²) >= 11 is 0. The second-order valence-electron chi connectivity index (χ2n) is 25.5. The molecule has 0 saturated carbocycles. The molecule has 3 N–H and O–H groups in total. The Morgan fingerprint density at radius 1 is 0.290 bits per heavy atom. The van der Waals surface area contributed by atoms with Gasteiger partial charge in [0.15, 0.2) is 12.2 Å². The van der Waals surface area contributed by atoms with Gasteiger partial charge in [-0.15, -0.1) is 0 Å². The molecule has 0 spiro atoms. The second kappa shape index (κ2) is 72.8. The molecule has 5 atom stereocenters. The van der Waals surface area contributed by atoms with Crippen LogP contribution in [-0.2, 0) is 65.4 Å². The summed E-state index contributed by atoms with van der Waals surface area (Å²) in [4.78, 5) is 72.9. The van der Waals surface area contributed by atoms with Crippen molar-refractivity contribution in [1.82, 2.24) is 0 Å². The molecule has 0 aliphatic rings. The highest BCUT2D eigenvalue weighted by molar-refractivity contribution is 7.47. The largest absolute Gasteiger partial charge is 0.472 e. The molecule has 5 unspecified atom stereocenters. The van der Waals surface area contributed by atoms with E-state index in [1.165, 1.54) is 57.8 Å². The zero-order valence-corrected chi connectivity index (χ0v) is 64.4. The molecule has 0 heterocycles. The first-order valence-electron chi connectivity index (χ1n) is 38.8. The lowest BCUT2D eigenvalue weighted by atomic mass is 10.1. The first-order chi connectivity index (χ1) is 48.7. The zero-order chi connectivity index (χ0) is 73.2. The first kappa shape index (κ1) is 95.5. The number of esters is 4. The Labute approximate surface area is 606 Å². The molecule has 0 bridgehead atoms. The maximum atomic E-state index is 13.1. The minimum Gasteiger partial charge on any atom is -0.462 e. The molecule has 0 aromatic rings. The molecule has 19 heteroatoms. The van der Waals surface area contributed by atoms with Crippen molar-refractivity contribution in [2.45, 2.75) is 329 Å². The quantitative estimate of drug-likeness (QED) is 0.0169. The molecular formula is C81H138O17P2. The van der Waals surface area contributed by atoms with Gasteiger partial charge < -0.3 is 33.8 Å². The van der Waals surface area contributed by atoms with Crippen LogP contribution in [0.15, 0.2) is 122 Å². The Bertz CT molecular complexity index is 2370. The minimum atomic E-state index is -4.99. The molecular weight excluding hydrogens is 1310 g/mol. The molecule has 0 aromatic heterocycles. The van der Waals surface area contributed by atoms with Gasteiger partial charge in [0, 0.05) is 25.7 Å². The van der Waals surface area contributed by atoms with Crippen LogP contribution < -0.4 is 0 Å². The molecule has 0 aliphatic heterocycles. The van der Waals surface area contributed by atoms with Gasteiger partial charge in [-0.05, 0) is 135 Å². The Hall–Kier alpha value is -4.54. The second-order valence-corrected chi connectivity index (χ2v) is 28.4. The summed E-state index contributed by atoms with van der Waals surface area (Å²) in [6, 6.07) is 0. The van der Waals surface area contributed by atoms with E-state index in [0.717, 1.165) is 173 Å². The van der Waals surface area contributed by atoms with Gasteiger partial charge in [0.2, 0.25) is 0 Å². The normalized spacial score (nSPS) is 14.6. The van der Waals surface area contributed by atoms with E-state index in [-0.39, 0.29) is 25.7 Å². The molecule has 0 radical (unpaired) electrons. The number of carbonyl (C=O) groups excluding carboxylic acids is 4. The fourth-order valence-electron chi connectivity index (χ4n) is 10.1. The van der Waals surface area contributed by atoms with Crippen molar-refractivity contribution in [1.29, 1.82) is 0 Å². The number of ether oxygens (including phenoxy) is 4. The van der Waals surface area contributed by atoms with Gasteiger partial charge in [-0.25, -0.2) is 9.13 Å². The lowest BCUT2D eigenvalue weighted by Gasteiger charge is -2.21. The summed E-state index contributed by atoms with van der Waals surface area (Å²) in [5.41, 5.74) is 0. The highest BCUT2D eigenvalue weighted by atomic mass is 31.2. The fourth-order valence-corrected chi connectivity index (χ4v) is 11.6. The maximum Gasteiger partial charge on any atom is 0.472 e. The van der Waals surface area contributed by atoms with Crippen LogP contribution in [0.2, 0.25) is 0 Å². The van der Waals surface area contributed by atoms with Crippen molar-refractivity contribution in [2.24, 2.45) is 0 Å². The number of hydrogen-bond donors (Lipinski definition) is 3. The third-order valence-corrected chi connectivity index (χ3v) is 17.8. The number of phosphoric acid groups is 2. The molecule has 0 aliphatic carbocycles. The predicted molar refractivity (Wildman–Crippen MR) is 408 cm³/mol. The van der Waals surface area contributed by atoms with E-state index < -0.39 is 97.5 Å². The Kier molecular flexibility index (Phi) is 69.5. The van der Waals surface area contributed by atoms with Crippen LogP contribution in [0.1, 0.15) is 310 Å². The molecule has 0 amide bonds. The van der Waals surface area contributed by atoms with Gasteiger partial charge in [-0.2, -0.15) is 0 Å². The van der Waals surface area contributed by atoms with Gasteiger partial charge in [0.25, 0.3) is 0 Å². The number of hydrogen-bond acceptors (Lipinski definition) is 15. The summed E-state index contributed by atoms with van der Waals surface area (Å²) in [6.45, 7) is 4.55. The van der Waals surface area contributed by atoms with Gasteiger partial charge in [0.1, 0.15) is 19.3 Å². The third kappa shape index (κ3) is 71.8. The summed E-state index contributed by atoms with van der Waals surface area (Å²) in [6.07, 6.45) is 79.0. The third-order valence-electron chi connectivity index (χ3n) is 15.9. The van der Waals surface area contributed by atoms with Crippen LogP contribution in [0.3, 0.4) is 0 Å². The molecule has 0 fully saturated rings. The average Bonchev–Trinajstić information content (AvgIpc) is 0.985. The summed E-state index contributed by atoms with van der Waals surface area (Å²) < 4.78 is 68.4. The number of rotatable bonds is 72. The van der Waals surface area contributed by atoms with Crippen LogP contribution in [0.5, 0.6) is 0 Å². The summed E-state index contributed by atoms with van der Waals surface area (Å²) in [5, 5.41) is 10.6. The van der Waals surface area contributed by atoms with Crippen molar-refractivity contribution < 1.29 is 80.2 Å². The molecule has 0 rings (SSSR count). The molecule has 0 aromatic carbocycles. The van der Waals surface area contributed by atoms with E-state index in [2.05, 4.69) is 149 Å². The molecule has 0 saturated heterocycles. The van der Waals surface area contributed by atoms with E-state index >= 15 is 0 Å². The lowest BCUT2D eigenvalue weighted by Crippen LogP contribution is -2.30. The number of unbranched alkanes of at least 4 members (excludes halogenated alkanes) is 26. The fraction of sp³-hybridized carbons (Fsp3) is 0.704. The SMILES string of the molecule is CC/C=C\C/C=C\C/C=C\C/C=C\C/C=C\CCCCCC(=O)OCC(COP(=O)(O)OCC(O)COP(=O)(O)OCC(COC(=O)CCCCCCC/C=C\C/C=C\CCCCC)OC(=O)CCCCCCCCCCCCC)OC(=O)CCCCCCC/C=C\C/C=C\C/C=C\CC. The Morgan fingerprint density at radius 3 is 0.830 bits per heavy atom. The predicted octanol–water partition coefficient (Wildman–Crippen LogP) is 22.3. The van der Waals surface area contributed by atoms with Gasteiger partial charge >= 0.3 is 39.5 Å². The van der Waals surface area contributed by atoms with Gasteiger partial charge in [-0.1, -0.05) is 271 Å². The van der Waals surface area contributed by atoms with Crippen LogP contribution in [0, 0.1) is 0 Å². The van der Waals surface area contributed by atoms with Crippen LogP contribution in [0.25, 0.3) is 0 Å². The highest BCUT2D eigenvalue weighted by Crippen LogP contribution is 2.45. The molecule has 574 valence electrons. The first-order valence-corrected chi connectivity index (χ1v) is 41.8. The van der Waals surface area contributed by atoms with Crippen molar-refractivity contribution in [3.8, 4) is 0 Å². The molecule has 17 nitrogen and oxygen atoms in total. The van der Waals surface area contributed by atoms with Crippen molar-refractivity contribution in [3.05, 3.63) is 122 Å². The lowest BCUT2D eigenvalue weighted by molar-refractivity contribution is -0.161. The summed E-state index contributed by atoms with van der Waals surface area (Å²) in [5.74, 6) is -2.24. The number of carbonyl (C=O) groups is 4. The number of aliphatic hydroxyl groups is 1. The van der Waals surface area contributed by atoms with Crippen molar-refractivity contribution in [2.75, 3.05) is 39.6 Å². The van der Waals surface area contributed by atoms with E-state index in [1.807, 2.05) is 0 Å². The van der Waals surface area contributed by atoms with Crippen LogP contribution in [0.4, 0.5) is 0 Å². The minimum absolute atomic E-state index is 0.0653. The smallest absolute Gasteiger partial charge is 0.462 e. The number of phosphoric ester groups is 2. The van der Waals surface area contributed by atoms with Crippen molar-refractivity contribution >= 4 is 39.5 Å². The van der Waals surface area contributed by atoms with E-state index in [9.17, 15) is 43.2 Å². The van der Waals surface area contributed by atoms with Crippen molar-refractivity contribution in [3.63, 3.8) is 0 Å². The Morgan fingerprint density at radius 2 is 0.520 bits per heavy atom. The van der Waals surface area contributed by atoms with Crippen LogP contribution >= 0.6 is 15.6 Å². The Balaban J connectivity index is 5.38. The van der Waals surface area contributed by atoms with E-state index in [0.29, 0.717) is 25.7 Å². The van der Waals surface area contributed by atoms with Gasteiger partial charge in [-0.3, -0.25) is 37.3 Å². The van der Waals surface area contributed by atoms with E-state index in [4.69, 9.17) is 37.0 Å². The molecule has 100 heavy (non-hydrogen) atoms. The highest BCUT2D eigenvalue weighted by Gasteiger charge is 2.30. The van der Waals surface area contributed by atoms with Gasteiger partial charge in [0.05, 0.1) is 26.4 Å². The topological polar surface area (TPSA) is 237 Å². The van der Waals surface area contributed by atoms with E-state index in [1.54, 1.807) is 0 Å². The number of aliphatic hydroxyl groups excluding tert-OH is 1. The summed E-state index contributed by atoms with van der Waals surface area (Å²) in [7, 11) is -9.97. The monoisotopic (exact) mass is 1440 g/mol. The average molecular weight is 1450 g/mol. The standard InChI is InChI=1S/C81H138O17P2/c1-5-9-13-17-21-25-29-32-35-36-37-38-41-43-47-50-54-58-62-66-79(84)92-72-77(98-81(86)68-64-60-56-52-48-44-40-34-31-27-23-19-15-11-7-3)74-96-100(89,90)94-70-75(82)69-93-99(87,88)95-73-76(97-80(85)67-63-59-55-51-45-28-24-20-16-12-8-4)71-91-78(83)65-61-57-53-49-46-42-39-33-30-26-22-18-14-10-6-2/h9,11,13,15,21-23,25-27,32-35,37-40,43,47,75-77,82H,5-8,10,12,14,16-20,24,28-31,36,41-42,44-46,48-74H2,1-4H3,(H,87,88)(H,89,90)/b13-9-,15-11-,25-21-,26-22-,27-23-,35-32-,38-37-,39-33-,40-34-,47-43-.